The minimum absolute atomic E-state index is 0.438. The Labute approximate surface area is 112 Å². The van der Waals surface area contributed by atoms with E-state index in [4.69, 9.17) is 0 Å². The molecule has 2 rings (SSSR count). The van der Waals surface area contributed by atoms with Gasteiger partial charge in [-0.15, -0.1) is 0 Å². The van der Waals surface area contributed by atoms with Crippen LogP contribution in [0, 0.1) is 0 Å². The molecular formula is C13H22F2N4. The zero-order valence-electron chi connectivity index (χ0n) is 11.5. The maximum atomic E-state index is 12.7. The van der Waals surface area contributed by atoms with Crippen LogP contribution < -0.4 is 5.32 Å². The summed E-state index contributed by atoms with van der Waals surface area (Å²) in [6, 6.07) is 1.07. The summed E-state index contributed by atoms with van der Waals surface area (Å²) >= 11 is 0. The molecule has 0 bridgehead atoms. The molecule has 1 N–H and O–H groups in total. The van der Waals surface area contributed by atoms with Gasteiger partial charge in [0.2, 0.25) is 0 Å². The maximum absolute atomic E-state index is 12.7. The van der Waals surface area contributed by atoms with E-state index >= 15 is 0 Å². The van der Waals surface area contributed by atoms with E-state index < -0.39 is 6.55 Å². The highest BCUT2D eigenvalue weighted by Gasteiger charge is 2.24. The molecule has 0 aromatic carbocycles. The standard InChI is InChI=1S/C13H22F2N4/c1-16-10-3-5-11(6-4-10)18(2)9-12-17-7-8-19(12)13(14)15/h7-8,10-11,13,16H,3-6,9H2,1-2H3. The van der Waals surface area contributed by atoms with Crippen molar-refractivity contribution in [1.29, 1.82) is 0 Å². The minimum atomic E-state index is -2.51. The molecule has 1 aliphatic carbocycles. The Morgan fingerprint density at radius 1 is 1.42 bits per heavy atom. The summed E-state index contributed by atoms with van der Waals surface area (Å²) < 4.78 is 26.4. The van der Waals surface area contributed by atoms with Gasteiger partial charge in [-0.25, -0.2) is 4.98 Å². The van der Waals surface area contributed by atoms with Crippen LogP contribution >= 0.6 is 0 Å². The summed E-state index contributed by atoms with van der Waals surface area (Å²) in [6.45, 7) is -2.03. The topological polar surface area (TPSA) is 33.1 Å². The molecule has 0 radical (unpaired) electrons. The molecule has 0 spiro atoms. The van der Waals surface area contributed by atoms with Gasteiger partial charge in [0.1, 0.15) is 5.82 Å². The lowest BCUT2D eigenvalue weighted by Crippen LogP contribution is -2.39. The lowest BCUT2D eigenvalue weighted by molar-refractivity contribution is 0.0622. The molecule has 1 saturated carbocycles. The van der Waals surface area contributed by atoms with Gasteiger partial charge in [-0.3, -0.25) is 9.47 Å². The highest BCUT2D eigenvalue weighted by molar-refractivity contribution is 4.94. The minimum Gasteiger partial charge on any atom is -0.317 e. The summed E-state index contributed by atoms with van der Waals surface area (Å²) in [5.74, 6) is 0.438. The third-order valence-corrected chi connectivity index (χ3v) is 4.08. The number of hydrogen-bond donors (Lipinski definition) is 1. The largest absolute Gasteiger partial charge is 0.319 e. The zero-order chi connectivity index (χ0) is 13.8. The number of hydrogen-bond acceptors (Lipinski definition) is 3. The molecule has 1 aromatic heterocycles. The normalized spacial score (nSPS) is 24.3. The molecule has 1 aliphatic rings. The quantitative estimate of drug-likeness (QED) is 0.892. The molecule has 19 heavy (non-hydrogen) atoms. The van der Waals surface area contributed by atoms with E-state index in [1.54, 1.807) is 0 Å². The summed E-state index contributed by atoms with van der Waals surface area (Å²) in [6.07, 6.45) is 7.29. The van der Waals surface area contributed by atoms with E-state index in [1.807, 2.05) is 14.1 Å². The predicted molar refractivity (Wildman–Crippen MR) is 70.1 cm³/mol. The molecular weight excluding hydrogens is 250 g/mol. The fraction of sp³-hybridized carbons (Fsp3) is 0.769. The summed E-state index contributed by atoms with van der Waals surface area (Å²) in [7, 11) is 3.99. The molecule has 6 heteroatoms. The predicted octanol–water partition coefficient (Wildman–Crippen LogP) is 2.24. The second-order valence-electron chi connectivity index (χ2n) is 5.24. The molecule has 0 amide bonds. The van der Waals surface area contributed by atoms with Crippen LogP contribution in [0.15, 0.2) is 12.4 Å². The molecule has 0 atom stereocenters. The Hall–Kier alpha value is -1.01. The lowest BCUT2D eigenvalue weighted by atomic mass is 9.90. The van der Waals surface area contributed by atoms with Crippen molar-refractivity contribution in [2.45, 2.75) is 50.9 Å². The Morgan fingerprint density at radius 3 is 2.68 bits per heavy atom. The van der Waals surface area contributed by atoms with Crippen molar-refractivity contribution in [3.8, 4) is 0 Å². The first-order valence-corrected chi connectivity index (χ1v) is 6.79. The van der Waals surface area contributed by atoms with Crippen LogP contribution in [0.3, 0.4) is 0 Å². The molecule has 1 aromatic rings. The van der Waals surface area contributed by atoms with Crippen molar-refractivity contribution in [3.63, 3.8) is 0 Å². The zero-order valence-corrected chi connectivity index (χ0v) is 11.5. The molecule has 108 valence electrons. The molecule has 4 nitrogen and oxygen atoms in total. The fourth-order valence-electron chi connectivity index (χ4n) is 2.80. The van der Waals surface area contributed by atoms with Gasteiger partial charge < -0.3 is 5.32 Å². The first kappa shape index (κ1) is 14.4. The molecule has 1 heterocycles. The molecule has 0 saturated heterocycles. The summed E-state index contributed by atoms with van der Waals surface area (Å²) in [5.41, 5.74) is 0. The van der Waals surface area contributed by atoms with Crippen LogP contribution in [0.1, 0.15) is 38.1 Å². The van der Waals surface area contributed by atoms with Crippen molar-refractivity contribution in [2.75, 3.05) is 14.1 Å². The fourth-order valence-corrected chi connectivity index (χ4v) is 2.80. The van der Waals surface area contributed by atoms with Crippen molar-refractivity contribution >= 4 is 0 Å². The second-order valence-corrected chi connectivity index (χ2v) is 5.24. The second kappa shape index (κ2) is 6.43. The SMILES string of the molecule is CNC1CCC(N(C)Cc2nccn2C(F)F)CC1. The number of aromatic nitrogens is 2. The summed E-state index contributed by atoms with van der Waals surface area (Å²) in [4.78, 5) is 6.18. The van der Waals surface area contributed by atoms with Crippen LogP contribution in [-0.2, 0) is 6.54 Å². The number of rotatable bonds is 5. The Kier molecular flexibility index (Phi) is 4.87. The molecule has 0 unspecified atom stereocenters. The van der Waals surface area contributed by atoms with E-state index in [0.717, 1.165) is 30.3 Å². The van der Waals surface area contributed by atoms with E-state index in [9.17, 15) is 8.78 Å². The van der Waals surface area contributed by atoms with Crippen molar-refractivity contribution in [1.82, 2.24) is 19.8 Å². The third kappa shape index (κ3) is 3.51. The van der Waals surface area contributed by atoms with Gasteiger partial charge in [0.15, 0.2) is 0 Å². The van der Waals surface area contributed by atoms with E-state index in [0.29, 0.717) is 24.5 Å². The van der Waals surface area contributed by atoms with Gasteiger partial charge in [-0.2, -0.15) is 8.78 Å². The first-order valence-electron chi connectivity index (χ1n) is 6.79. The van der Waals surface area contributed by atoms with Crippen LogP contribution in [0.2, 0.25) is 0 Å². The third-order valence-electron chi connectivity index (χ3n) is 4.08. The smallest absolute Gasteiger partial charge is 0.317 e. The van der Waals surface area contributed by atoms with Crippen molar-refractivity contribution in [3.05, 3.63) is 18.2 Å². The molecule has 1 fully saturated rings. The van der Waals surface area contributed by atoms with Gasteiger partial charge in [0.25, 0.3) is 0 Å². The highest BCUT2D eigenvalue weighted by atomic mass is 19.3. The Balaban J connectivity index is 1.90. The number of imidazole rings is 1. The summed E-state index contributed by atoms with van der Waals surface area (Å²) in [5, 5.41) is 3.30. The maximum Gasteiger partial charge on any atom is 0.319 e. The van der Waals surface area contributed by atoms with E-state index in [2.05, 4.69) is 15.2 Å². The number of halogens is 2. The van der Waals surface area contributed by atoms with Crippen LogP contribution in [0.4, 0.5) is 8.78 Å². The highest BCUT2D eigenvalue weighted by Crippen LogP contribution is 2.23. The van der Waals surface area contributed by atoms with Gasteiger partial charge in [0, 0.05) is 24.5 Å². The molecule has 0 aliphatic heterocycles. The monoisotopic (exact) mass is 272 g/mol. The lowest BCUT2D eigenvalue weighted by Gasteiger charge is -2.34. The number of alkyl halides is 2. The van der Waals surface area contributed by atoms with E-state index in [-0.39, 0.29) is 0 Å². The van der Waals surface area contributed by atoms with Gasteiger partial charge >= 0.3 is 6.55 Å². The number of nitrogens with one attached hydrogen (secondary N) is 1. The van der Waals surface area contributed by atoms with Gasteiger partial charge in [-0.05, 0) is 39.8 Å². The van der Waals surface area contributed by atoms with Crippen molar-refractivity contribution < 1.29 is 8.78 Å². The van der Waals surface area contributed by atoms with Crippen LogP contribution in [0.5, 0.6) is 0 Å². The van der Waals surface area contributed by atoms with Gasteiger partial charge in [-0.1, -0.05) is 0 Å². The van der Waals surface area contributed by atoms with E-state index in [1.165, 1.54) is 12.4 Å². The number of nitrogens with zero attached hydrogens (tertiary/aromatic N) is 3. The average Bonchev–Trinajstić information content (AvgIpc) is 2.87. The average molecular weight is 272 g/mol. The Morgan fingerprint density at radius 2 is 2.11 bits per heavy atom. The van der Waals surface area contributed by atoms with Crippen LogP contribution in [0.25, 0.3) is 0 Å². The Bertz CT molecular complexity index is 386. The van der Waals surface area contributed by atoms with Gasteiger partial charge in [0.05, 0.1) is 6.54 Å². The van der Waals surface area contributed by atoms with Crippen LogP contribution in [-0.4, -0.2) is 40.6 Å². The van der Waals surface area contributed by atoms with Crippen molar-refractivity contribution in [2.24, 2.45) is 0 Å². The first-order chi connectivity index (χ1) is 9.11.